The number of rotatable bonds is 5. The van der Waals surface area contributed by atoms with Crippen LogP contribution in [0.3, 0.4) is 0 Å². The van der Waals surface area contributed by atoms with Gasteiger partial charge in [-0.2, -0.15) is 11.3 Å². The fraction of sp³-hybridized carbons (Fsp3) is 0.133. The Labute approximate surface area is 130 Å². The van der Waals surface area contributed by atoms with Crippen molar-refractivity contribution in [1.82, 2.24) is 4.98 Å². The van der Waals surface area contributed by atoms with E-state index >= 15 is 0 Å². The van der Waals surface area contributed by atoms with E-state index in [1.807, 2.05) is 5.38 Å². The van der Waals surface area contributed by atoms with Gasteiger partial charge in [0, 0.05) is 23.6 Å². The zero-order chi connectivity index (χ0) is 14.7. The van der Waals surface area contributed by atoms with Crippen LogP contribution in [0.1, 0.15) is 11.3 Å². The zero-order valence-corrected chi connectivity index (χ0v) is 12.9. The number of nitrogens with zero attached hydrogens (tertiary/aromatic N) is 1. The van der Waals surface area contributed by atoms with E-state index in [0.29, 0.717) is 5.69 Å². The summed E-state index contributed by atoms with van der Waals surface area (Å²) in [7, 11) is 1.45. The zero-order valence-electron chi connectivity index (χ0n) is 11.3. The molecule has 6 heteroatoms. The number of methoxy groups -OCH3 is 1. The summed E-state index contributed by atoms with van der Waals surface area (Å²) in [6.45, 7) is 0. The minimum atomic E-state index is -0.391. The van der Waals surface area contributed by atoms with Gasteiger partial charge < -0.3 is 10.1 Å². The first-order valence-electron chi connectivity index (χ1n) is 6.30. The van der Waals surface area contributed by atoms with Crippen LogP contribution < -0.4 is 10.1 Å². The highest BCUT2D eigenvalue weighted by Gasteiger charge is 2.07. The normalized spacial score (nSPS) is 10.6. The molecule has 1 N–H and O–H groups in total. The number of benzene rings is 1. The lowest BCUT2D eigenvalue weighted by Gasteiger charge is -2.05. The van der Waals surface area contributed by atoms with Crippen molar-refractivity contribution in [3.63, 3.8) is 0 Å². The van der Waals surface area contributed by atoms with E-state index in [-0.39, 0.29) is 5.75 Å². The lowest BCUT2D eigenvalue weighted by atomic mass is 10.2. The molecule has 0 spiro atoms. The van der Waals surface area contributed by atoms with Crippen molar-refractivity contribution >= 4 is 33.5 Å². The number of anilines is 2. The molecule has 0 radical (unpaired) electrons. The Morgan fingerprint density at radius 2 is 2.19 bits per heavy atom. The van der Waals surface area contributed by atoms with Gasteiger partial charge in [0.25, 0.3) is 0 Å². The molecule has 0 bridgehead atoms. The Morgan fingerprint density at radius 1 is 1.29 bits per heavy atom. The van der Waals surface area contributed by atoms with Gasteiger partial charge in [0.15, 0.2) is 16.7 Å². The summed E-state index contributed by atoms with van der Waals surface area (Å²) < 4.78 is 18.5. The Hall–Kier alpha value is -1.92. The maximum atomic E-state index is 13.6. The Morgan fingerprint density at radius 3 is 2.90 bits per heavy atom. The maximum Gasteiger partial charge on any atom is 0.187 e. The third-order valence-electron chi connectivity index (χ3n) is 2.92. The average Bonchev–Trinajstić information content (AvgIpc) is 3.12. The molecule has 21 heavy (non-hydrogen) atoms. The van der Waals surface area contributed by atoms with E-state index in [2.05, 4.69) is 27.1 Å². The molecule has 3 aromatic rings. The summed E-state index contributed by atoms with van der Waals surface area (Å²) in [6, 6.07) is 6.86. The van der Waals surface area contributed by atoms with E-state index in [9.17, 15) is 4.39 Å². The van der Waals surface area contributed by atoms with Crippen molar-refractivity contribution in [3.8, 4) is 5.75 Å². The van der Waals surface area contributed by atoms with Gasteiger partial charge >= 0.3 is 0 Å². The molecule has 0 saturated heterocycles. The number of thiazole rings is 1. The second kappa shape index (κ2) is 6.24. The molecule has 0 aliphatic carbocycles. The fourth-order valence-electron chi connectivity index (χ4n) is 1.92. The molecule has 0 atom stereocenters. The first-order valence-corrected chi connectivity index (χ1v) is 8.13. The molecule has 0 aliphatic rings. The minimum Gasteiger partial charge on any atom is -0.494 e. The Balaban J connectivity index is 1.70. The fourth-order valence-corrected chi connectivity index (χ4v) is 3.31. The van der Waals surface area contributed by atoms with Crippen molar-refractivity contribution in [2.24, 2.45) is 0 Å². The van der Waals surface area contributed by atoms with E-state index in [4.69, 9.17) is 4.74 Å². The molecular formula is C15H13FN2OS2. The van der Waals surface area contributed by atoms with E-state index in [1.165, 1.54) is 30.1 Å². The average molecular weight is 320 g/mol. The largest absolute Gasteiger partial charge is 0.494 e. The molecule has 0 fully saturated rings. The summed E-state index contributed by atoms with van der Waals surface area (Å²) in [5, 5.41) is 10.1. The lowest BCUT2D eigenvalue weighted by molar-refractivity contribution is 0.386. The van der Waals surface area contributed by atoms with Gasteiger partial charge in [-0.1, -0.05) is 0 Å². The molecule has 0 unspecified atom stereocenters. The molecule has 2 aromatic heterocycles. The van der Waals surface area contributed by atoms with E-state index in [0.717, 1.165) is 17.2 Å². The molecule has 108 valence electrons. The van der Waals surface area contributed by atoms with Crippen molar-refractivity contribution in [2.75, 3.05) is 12.4 Å². The van der Waals surface area contributed by atoms with Gasteiger partial charge in [0.2, 0.25) is 0 Å². The number of nitrogens with one attached hydrogen (secondary N) is 1. The first kappa shape index (κ1) is 14.0. The van der Waals surface area contributed by atoms with Crippen molar-refractivity contribution < 1.29 is 9.13 Å². The maximum absolute atomic E-state index is 13.6. The lowest BCUT2D eigenvalue weighted by Crippen LogP contribution is -1.94. The van der Waals surface area contributed by atoms with Crippen LogP contribution in [0.2, 0.25) is 0 Å². The second-order valence-corrected chi connectivity index (χ2v) is 6.06. The summed E-state index contributed by atoms with van der Waals surface area (Å²) in [5.41, 5.74) is 2.92. The molecule has 3 rings (SSSR count). The predicted octanol–water partition coefficient (Wildman–Crippen LogP) is 4.69. The van der Waals surface area contributed by atoms with Crippen molar-refractivity contribution in [1.29, 1.82) is 0 Å². The predicted molar refractivity (Wildman–Crippen MR) is 85.5 cm³/mol. The standard InChI is InChI=1S/C15H13FN2OS2/c1-19-14-3-2-11(7-13(14)16)17-15-18-12(9-21-15)6-10-4-5-20-8-10/h2-5,7-9H,6H2,1H3,(H,17,18). The Bertz CT molecular complexity index is 725. The number of hydrogen-bond acceptors (Lipinski definition) is 5. The molecular weight excluding hydrogens is 307 g/mol. The van der Waals surface area contributed by atoms with Gasteiger partial charge in [-0.15, -0.1) is 11.3 Å². The van der Waals surface area contributed by atoms with Crippen LogP contribution in [0.25, 0.3) is 0 Å². The van der Waals surface area contributed by atoms with E-state index < -0.39 is 5.82 Å². The minimum absolute atomic E-state index is 0.234. The molecule has 0 saturated carbocycles. The van der Waals surface area contributed by atoms with Gasteiger partial charge in [-0.05, 0) is 34.5 Å². The SMILES string of the molecule is COc1ccc(Nc2nc(Cc3ccsc3)cs2)cc1F. The summed E-state index contributed by atoms with van der Waals surface area (Å²) in [4.78, 5) is 4.51. The number of ether oxygens (including phenoxy) is 1. The van der Waals surface area contributed by atoms with E-state index in [1.54, 1.807) is 23.5 Å². The van der Waals surface area contributed by atoms with Crippen LogP contribution in [-0.4, -0.2) is 12.1 Å². The monoisotopic (exact) mass is 320 g/mol. The van der Waals surface area contributed by atoms with Gasteiger partial charge in [0.05, 0.1) is 12.8 Å². The number of aromatic nitrogens is 1. The first-order chi connectivity index (χ1) is 10.2. The quantitative estimate of drug-likeness (QED) is 0.741. The van der Waals surface area contributed by atoms with Crippen LogP contribution in [-0.2, 0) is 6.42 Å². The third-order valence-corrected chi connectivity index (χ3v) is 4.46. The molecule has 0 aliphatic heterocycles. The van der Waals surface area contributed by atoms with Gasteiger partial charge in [0.1, 0.15) is 0 Å². The molecule has 2 heterocycles. The third kappa shape index (κ3) is 3.40. The second-order valence-electron chi connectivity index (χ2n) is 4.43. The Kier molecular flexibility index (Phi) is 4.17. The summed E-state index contributed by atoms with van der Waals surface area (Å²) in [5.74, 6) is -0.157. The number of halogens is 1. The van der Waals surface area contributed by atoms with Crippen LogP contribution >= 0.6 is 22.7 Å². The molecule has 1 aromatic carbocycles. The van der Waals surface area contributed by atoms with Crippen LogP contribution in [0, 0.1) is 5.82 Å². The highest BCUT2D eigenvalue weighted by atomic mass is 32.1. The smallest absolute Gasteiger partial charge is 0.187 e. The highest BCUT2D eigenvalue weighted by Crippen LogP contribution is 2.26. The van der Waals surface area contributed by atoms with Crippen molar-refractivity contribution in [2.45, 2.75) is 6.42 Å². The van der Waals surface area contributed by atoms with Crippen LogP contribution in [0.15, 0.2) is 40.4 Å². The van der Waals surface area contributed by atoms with Crippen LogP contribution in [0.4, 0.5) is 15.2 Å². The highest BCUT2D eigenvalue weighted by molar-refractivity contribution is 7.13. The van der Waals surface area contributed by atoms with Crippen LogP contribution in [0.5, 0.6) is 5.75 Å². The molecule has 0 amide bonds. The summed E-state index contributed by atoms with van der Waals surface area (Å²) >= 11 is 3.19. The molecule has 3 nitrogen and oxygen atoms in total. The number of hydrogen-bond donors (Lipinski definition) is 1. The number of thiophene rings is 1. The topological polar surface area (TPSA) is 34.1 Å². The van der Waals surface area contributed by atoms with Crippen molar-refractivity contribution in [3.05, 3.63) is 57.5 Å². The van der Waals surface area contributed by atoms with Gasteiger partial charge in [-0.3, -0.25) is 0 Å². The summed E-state index contributed by atoms with van der Waals surface area (Å²) in [6.07, 6.45) is 0.818. The van der Waals surface area contributed by atoms with Gasteiger partial charge in [-0.25, -0.2) is 9.37 Å².